The van der Waals surface area contributed by atoms with Gasteiger partial charge >= 0.3 is 5.97 Å². The van der Waals surface area contributed by atoms with Crippen molar-refractivity contribution < 1.29 is 27.1 Å². The SMILES string of the molecule is COC(=O)c1c(NC(=S)Nc2c(F)c(F)c(Br)c(F)c2F)sc2c1CCC2. The van der Waals surface area contributed by atoms with Crippen molar-refractivity contribution >= 4 is 61.3 Å². The van der Waals surface area contributed by atoms with Crippen molar-refractivity contribution in [3.05, 3.63) is 43.7 Å². The van der Waals surface area contributed by atoms with E-state index in [9.17, 15) is 22.4 Å². The smallest absolute Gasteiger partial charge is 0.341 e. The molecule has 1 heterocycles. The van der Waals surface area contributed by atoms with Gasteiger partial charge in [0.2, 0.25) is 0 Å². The molecule has 2 aromatic rings. The molecule has 0 bridgehead atoms. The van der Waals surface area contributed by atoms with Crippen molar-refractivity contribution in [3.63, 3.8) is 0 Å². The number of methoxy groups -OCH3 is 1. The topological polar surface area (TPSA) is 50.4 Å². The van der Waals surface area contributed by atoms with Crippen molar-refractivity contribution in [3.8, 4) is 0 Å². The van der Waals surface area contributed by atoms with Crippen LogP contribution in [-0.4, -0.2) is 18.2 Å². The number of carbonyl (C=O) groups excluding carboxylic acids is 1. The minimum absolute atomic E-state index is 0.299. The normalized spacial score (nSPS) is 12.7. The van der Waals surface area contributed by atoms with Crippen molar-refractivity contribution in [2.75, 3.05) is 17.7 Å². The third-order valence-corrected chi connectivity index (χ3v) is 6.09. The van der Waals surface area contributed by atoms with Crippen LogP contribution < -0.4 is 10.6 Å². The zero-order valence-electron chi connectivity index (χ0n) is 13.6. The summed E-state index contributed by atoms with van der Waals surface area (Å²) in [5.74, 6) is -7.02. The highest BCUT2D eigenvalue weighted by Crippen LogP contribution is 2.39. The van der Waals surface area contributed by atoms with Crippen LogP contribution in [0, 0.1) is 23.3 Å². The summed E-state index contributed by atoms with van der Waals surface area (Å²) in [5.41, 5.74) is 0.0675. The summed E-state index contributed by atoms with van der Waals surface area (Å²) in [5, 5.41) is 4.77. The van der Waals surface area contributed by atoms with Crippen LogP contribution in [0.5, 0.6) is 0 Å². The molecule has 0 unspecified atom stereocenters. The van der Waals surface area contributed by atoms with Gasteiger partial charge in [0, 0.05) is 4.88 Å². The number of thiocarbonyl (C=S) groups is 1. The van der Waals surface area contributed by atoms with Crippen LogP contribution in [0.4, 0.5) is 28.3 Å². The summed E-state index contributed by atoms with van der Waals surface area (Å²) < 4.78 is 59.0. The molecule has 0 atom stereocenters. The first-order valence-corrected chi connectivity index (χ1v) is 9.60. The molecule has 4 nitrogen and oxygen atoms in total. The molecule has 0 fully saturated rings. The van der Waals surface area contributed by atoms with Crippen LogP contribution >= 0.6 is 39.5 Å². The Labute approximate surface area is 169 Å². The Morgan fingerprint density at radius 2 is 1.74 bits per heavy atom. The summed E-state index contributed by atoms with van der Waals surface area (Å²) in [7, 11) is 1.24. The van der Waals surface area contributed by atoms with E-state index in [4.69, 9.17) is 17.0 Å². The van der Waals surface area contributed by atoms with Crippen LogP contribution in [-0.2, 0) is 17.6 Å². The second kappa shape index (κ2) is 7.72. The number of rotatable bonds is 3. The monoisotopic (exact) mass is 482 g/mol. The second-order valence-corrected chi connectivity index (χ2v) is 7.88. The van der Waals surface area contributed by atoms with E-state index in [0.717, 1.165) is 23.3 Å². The predicted octanol–water partition coefficient (Wildman–Crippen LogP) is 5.15. The standard InChI is InChI=1S/C16H11BrF4N2O2S2/c1-25-15(24)7-5-3-2-4-6(5)27-14(7)23-16(26)22-13-11(20)9(18)8(17)10(19)12(13)21/h2-4H2,1H3,(H2,22,23,26). The fraction of sp³-hybridized carbons (Fsp3) is 0.250. The molecule has 0 radical (unpaired) electrons. The van der Waals surface area contributed by atoms with Gasteiger partial charge < -0.3 is 15.4 Å². The molecule has 1 aromatic carbocycles. The first-order chi connectivity index (χ1) is 12.8. The number of carbonyl (C=O) groups is 1. The van der Waals surface area contributed by atoms with E-state index in [1.807, 2.05) is 0 Å². The van der Waals surface area contributed by atoms with Crippen LogP contribution in [0.2, 0.25) is 0 Å². The van der Waals surface area contributed by atoms with E-state index < -0.39 is 39.4 Å². The molecule has 1 aliphatic carbocycles. The fourth-order valence-corrected chi connectivity index (χ4v) is 4.67. The van der Waals surface area contributed by atoms with Gasteiger partial charge in [0.25, 0.3) is 0 Å². The van der Waals surface area contributed by atoms with Crippen molar-refractivity contribution in [2.45, 2.75) is 19.3 Å². The minimum Gasteiger partial charge on any atom is -0.465 e. The number of nitrogens with one attached hydrogen (secondary N) is 2. The summed E-state index contributed by atoms with van der Waals surface area (Å²) in [6.45, 7) is 0. The highest BCUT2D eigenvalue weighted by molar-refractivity contribution is 9.10. The van der Waals surface area contributed by atoms with Crippen LogP contribution in [0.15, 0.2) is 4.47 Å². The highest BCUT2D eigenvalue weighted by atomic mass is 79.9. The fourth-order valence-electron chi connectivity index (χ4n) is 2.77. The first-order valence-electron chi connectivity index (χ1n) is 7.58. The van der Waals surface area contributed by atoms with Gasteiger partial charge in [0.1, 0.15) is 10.7 Å². The molecule has 0 aliphatic heterocycles. The zero-order valence-corrected chi connectivity index (χ0v) is 16.9. The third kappa shape index (κ3) is 3.55. The lowest BCUT2D eigenvalue weighted by molar-refractivity contribution is 0.0601. The lowest BCUT2D eigenvalue weighted by Gasteiger charge is -2.13. The second-order valence-electron chi connectivity index (χ2n) is 5.58. The number of anilines is 2. The molecule has 3 rings (SSSR count). The van der Waals surface area contributed by atoms with E-state index >= 15 is 0 Å². The molecule has 11 heteroatoms. The number of hydrogen-bond donors (Lipinski definition) is 2. The van der Waals surface area contributed by atoms with Gasteiger partial charge in [-0.3, -0.25) is 0 Å². The summed E-state index contributed by atoms with van der Waals surface area (Å²) in [6, 6.07) is 0. The van der Waals surface area contributed by atoms with Gasteiger partial charge in [-0.1, -0.05) is 0 Å². The van der Waals surface area contributed by atoms with Gasteiger partial charge in [0.05, 0.1) is 17.1 Å². The van der Waals surface area contributed by atoms with E-state index in [1.54, 1.807) is 0 Å². The van der Waals surface area contributed by atoms with E-state index in [-0.39, 0.29) is 5.11 Å². The van der Waals surface area contributed by atoms with E-state index in [2.05, 4.69) is 26.6 Å². The van der Waals surface area contributed by atoms with Crippen LogP contribution in [0.25, 0.3) is 0 Å². The summed E-state index contributed by atoms with van der Waals surface area (Å²) >= 11 is 8.69. The lowest BCUT2D eigenvalue weighted by Crippen LogP contribution is -2.22. The average molecular weight is 483 g/mol. The maximum Gasteiger partial charge on any atom is 0.341 e. The molecule has 144 valence electrons. The summed E-state index contributed by atoms with van der Waals surface area (Å²) in [6.07, 6.45) is 2.39. The Hall–Kier alpha value is -1.72. The van der Waals surface area contributed by atoms with Gasteiger partial charge in [-0.2, -0.15) is 0 Å². The van der Waals surface area contributed by atoms with Crippen molar-refractivity contribution in [1.82, 2.24) is 0 Å². The Balaban J connectivity index is 1.89. The molecular weight excluding hydrogens is 472 g/mol. The quantitative estimate of drug-likeness (QED) is 0.208. The number of esters is 1. The molecular formula is C16H11BrF4N2O2S2. The average Bonchev–Trinajstić information content (AvgIpc) is 3.22. The largest absolute Gasteiger partial charge is 0.465 e. The maximum absolute atomic E-state index is 14.0. The molecule has 1 aromatic heterocycles. The lowest BCUT2D eigenvalue weighted by atomic mass is 10.1. The molecule has 0 saturated carbocycles. The van der Waals surface area contributed by atoms with Gasteiger partial charge in [0.15, 0.2) is 28.4 Å². The number of benzene rings is 1. The van der Waals surface area contributed by atoms with Crippen molar-refractivity contribution in [1.29, 1.82) is 0 Å². The number of ether oxygens (including phenoxy) is 1. The van der Waals surface area contributed by atoms with Gasteiger partial charge in [-0.25, -0.2) is 22.4 Å². The molecule has 27 heavy (non-hydrogen) atoms. The zero-order chi connectivity index (χ0) is 19.9. The summed E-state index contributed by atoms with van der Waals surface area (Å²) in [4.78, 5) is 13.1. The number of thiophene rings is 1. The molecule has 2 N–H and O–H groups in total. The van der Waals surface area contributed by atoms with Crippen LogP contribution in [0.3, 0.4) is 0 Å². The van der Waals surface area contributed by atoms with Gasteiger partial charge in [-0.15, -0.1) is 11.3 Å². The maximum atomic E-state index is 14.0. The molecule has 0 saturated heterocycles. The Morgan fingerprint density at radius 3 is 2.33 bits per heavy atom. The molecule has 1 aliphatic rings. The molecule has 0 spiro atoms. The number of hydrogen-bond acceptors (Lipinski definition) is 4. The number of fused-ring (bicyclic) bond motifs is 1. The minimum atomic E-state index is -1.63. The Bertz CT molecular complexity index is 936. The predicted molar refractivity (Wildman–Crippen MR) is 102 cm³/mol. The van der Waals surface area contributed by atoms with E-state index in [1.165, 1.54) is 18.4 Å². The van der Waals surface area contributed by atoms with E-state index in [0.29, 0.717) is 17.0 Å². The Morgan fingerprint density at radius 1 is 1.11 bits per heavy atom. The highest BCUT2D eigenvalue weighted by Gasteiger charge is 2.29. The molecule has 0 amide bonds. The Kier molecular flexibility index (Phi) is 5.73. The van der Waals surface area contributed by atoms with Gasteiger partial charge in [-0.05, 0) is 53.0 Å². The first kappa shape index (κ1) is 20.0. The number of halogens is 5. The van der Waals surface area contributed by atoms with Crippen molar-refractivity contribution in [2.24, 2.45) is 0 Å². The number of aryl methyl sites for hydroxylation is 1. The van der Waals surface area contributed by atoms with Crippen LogP contribution in [0.1, 0.15) is 27.2 Å². The third-order valence-electron chi connectivity index (χ3n) is 3.99.